The summed E-state index contributed by atoms with van der Waals surface area (Å²) in [6.45, 7) is 4.00. The number of benzene rings is 1. The summed E-state index contributed by atoms with van der Waals surface area (Å²) in [4.78, 5) is 25.2. The standard InChI is InChI=1S/C12H7NO4.C2H6/c14-6-1-2-7-8-3-4-10(15)13-11(8)12(16)17-9(7)5-6;1-2/h1-5,14H,(H,13,15);1-2H3. The number of nitrogens with one attached hydrogen (secondary N) is 1. The number of pyridine rings is 1. The fourth-order valence-electron chi connectivity index (χ4n) is 1.83. The highest BCUT2D eigenvalue weighted by molar-refractivity contribution is 6.02. The van der Waals surface area contributed by atoms with E-state index in [1.54, 1.807) is 12.1 Å². The third-order valence-corrected chi connectivity index (χ3v) is 2.58. The Morgan fingerprint density at radius 1 is 1.05 bits per heavy atom. The Hall–Kier alpha value is -2.56. The van der Waals surface area contributed by atoms with Gasteiger partial charge in [0, 0.05) is 22.9 Å². The molecule has 3 rings (SSSR count). The molecule has 0 aliphatic heterocycles. The summed E-state index contributed by atoms with van der Waals surface area (Å²) < 4.78 is 5.03. The quantitative estimate of drug-likeness (QED) is 0.479. The number of aromatic amines is 1. The van der Waals surface area contributed by atoms with Crippen LogP contribution in [-0.2, 0) is 0 Å². The van der Waals surface area contributed by atoms with E-state index in [-0.39, 0.29) is 22.4 Å². The first-order valence-corrected chi connectivity index (χ1v) is 5.94. The van der Waals surface area contributed by atoms with Crippen LogP contribution in [0.2, 0.25) is 0 Å². The third kappa shape index (κ3) is 2.22. The summed E-state index contributed by atoms with van der Waals surface area (Å²) in [6.07, 6.45) is 0. The van der Waals surface area contributed by atoms with Gasteiger partial charge in [0.05, 0.1) is 0 Å². The number of hydrogen-bond donors (Lipinski definition) is 2. The molecule has 2 heterocycles. The van der Waals surface area contributed by atoms with E-state index in [1.165, 1.54) is 18.2 Å². The van der Waals surface area contributed by atoms with Crippen molar-refractivity contribution in [1.29, 1.82) is 0 Å². The van der Waals surface area contributed by atoms with E-state index in [1.807, 2.05) is 13.8 Å². The van der Waals surface area contributed by atoms with Gasteiger partial charge in [-0.3, -0.25) is 4.79 Å². The summed E-state index contributed by atoms with van der Waals surface area (Å²) in [5.41, 5.74) is -0.566. The predicted octanol–water partition coefficient (Wildman–Crippen LogP) is 2.37. The number of phenols is 1. The van der Waals surface area contributed by atoms with E-state index >= 15 is 0 Å². The fourth-order valence-corrected chi connectivity index (χ4v) is 1.83. The second-order valence-corrected chi connectivity index (χ2v) is 3.68. The summed E-state index contributed by atoms with van der Waals surface area (Å²) >= 11 is 0. The van der Waals surface area contributed by atoms with Crippen molar-refractivity contribution in [1.82, 2.24) is 4.98 Å². The molecule has 5 nitrogen and oxygen atoms in total. The van der Waals surface area contributed by atoms with E-state index in [9.17, 15) is 14.7 Å². The molecule has 1 aromatic carbocycles. The second kappa shape index (κ2) is 4.97. The SMILES string of the molecule is CC.O=c1ccc2c([nH]1)c(=O)oc1cc(O)ccc12. The number of hydrogen-bond acceptors (Lipinski definition) is 4. The molecule has 0 unspecified atom stereocenters. The van der Waals surface area contributed by atoms with Crippen LogP contribution in [0, 0.1) is 0 Å². The maximum atomic E-state index is 11.6. The Balaban J connectivity index is 0.000000637. The van der Waals surface area contributed by atoms with Gasteiger partial charge in [-0.2, -0.15) is 0 Å². The van der Waals surface area contributed by atoms with Crippen molar-refractivity contribution in [2.75, 3.05) is 0 Å². The van der Waals surface area contributed by atoms with Gasteiger partial charge in [0.2, 0.25) is 5.56 Å². The summed E-state index contributed by atoms with van der Waals surface area (Å²) in [7, 11) is 0. The predicted molar refractivity (Wildman–Crippen MR) is 73.6 cm³/mol. The molecule has 19 heavy (non-hydrogen) atoms. The number of fused-ring (bicyclic) bond motifs is 3. The van der Waals surface area contributed by atoms with E-state index in [0.29, 0.717) is 10.8 Å². The van der Waals surface area contributed by atoms with Crippen molar-refractivity contribution in [3.8, 4) is 5.75 Å². The Kier molecular flexibility index (Phi) is 3.37. The molecule has 3 aromatic rings. The topological polar surface area (TPSA) is 83.3 Å². The van der Waals surface area contributed by atoms with Crippen LogP contribution in [0.25, 0.3) is 21.9 Å². The molecule has 0 aliphatic carbocycles. The van der Waals surface area contributed by atoms with Crippen molar-refractivity contribution in [2.24, 2.45) is 0 Å². The van der Waals surface area contributed by atoms with Crippen LogP contribution < -0.4 is 11.2 Å². The molecule has 0 radical (unpaired) electrons. The van der Waals surface area contributed by atoms with Gasteiger partial charge in [-0.05, 0) is 18.2 Å². The Morgan fingerprint density at radius 2 is 1.74 bits per heavy atom. The highest BCUT2D eigenvalue weighted by Gasteiger charge is 2.08. The number of aromatic hydroxyl groups is 1. The number of phenolic OH excluding ortho intramolecular Hbond substituents is 1. The first kappa shape index (κ1) is 12.9. The summed E-state index contributed by atoms with van der Waals surface area (Å²) in [6, 6.07) is 7.39. The third-order valence-electron chi connectivity index (χ3n) is 2.58. The average molecular weight is 259 g/mol. The van der Waals surface area contributed by atoms with Gasteiger partial charge in [0.25, 0.3) is 0 Å². The zero-order valence-corrected chi connectivity index (χ0v) is 10.6. The zero-order chi connectivity index (χ0) is 14.0. The largest absolute Gasteiger partial charge is 0.508 e. The van der Waals surface area contributed by atoms with Gasteiger partial charge >= 0.3 is 5.63 Å². The van der Waals surface area contributed by atoms with Crippen LogP contribution >= 0.6 is 0 Å². The van der Waals surface area contributed by atoms with E-state index in [2.05, 4.69) is 4.98 Å². The lowest BCUT2D eigenvalue weighted by Gasteiger charge is -2.01. The Morgan fingerprint density at radius 3 is 2.47 bits per heavy atom. The fraction of sp³-hybridized carbons (Fsp3) is 0.143. The van der Waals surface area contributed by atoms with Crippen LogP contribution in [0.15, 0.2) is 44.3 Å². The van der Waals surface area contributed by atoms with Crippen molar-refractivity contribution in [3.05, 3.63) is 51.1 Å². The highest BCUT2D eigenvalue weighted by atomic mass is 16.4. The summed E-state index contributed by atoms with van der Waals surface area (Å²) in [5.74, 6) is 0.0180. The molecular formula is C14H13NO4. The molecule has 0 spiro atoms. The van der Waals surface area contributed by atoms with Crippen LogP contribution in [0.1, 0.15) is 13.8 Å². The lowest BCUT2D eigenvalue weighted by Crippen LogP contribution is -2.10. The molecule has 0 bridgehead atoms. The minimum Gasteiger partial charge on any atom is -0.508 e. The molecule has 0 amide bonds. The molecule has 2 N–H and O–H groups in total. The zero-order valence-electron chi connectivity index (χ0n) is 10.6. The van der Waals surface area contributed by atoms with Crippen molar-refractivity contribution < 1.29 is 9.52 Å². The molecule has 5 heteroatoms. The second-order valence-electron chi connectivity index (χ2n) is 3.68. The van der Waals surface area contributed by atoms with Crippen LogP contribution in [0.3, 0.4) is 0 Å². The first-order valence-electron chi connectivity index (χ1n) is 5.94. The van der Waals surface area contributed by atoms with Gasteiger partial charge < -0.3 is 14.5 Å². The maximum Gasteiger partial charge on any atom is 0.360 e. The number of rotatable bonds is 0. The molecule has 0 saturated carbocycles. The van der Waals surface area contributed by atoms with Crippen molar-refractivity contribution >= 4 is 21.9 Å². The van der Waals surface area contributed by atoms with E-state index < -0.39 is 5.63 Å². The minimum atomic E-state index is -0.629. The first-order chi connectivity index (χ1) is 9.15. The molecule has 2 aromatic heterocycles. The molecule has 98 valence electrons. The number of H-pyrrole nitrogens is 1. The summed E-state index contributed by atoms with van der Waals surface area (Å²) in [5, 5.41) is 10.6. The van der Waals surface area contributed by atoms with Crippen LogP contribution in [-0.4, -0.2) is 10.1 Å². The highest BCUT2D eigenvalue weighted by Crippen LogP contribution is 2.23. The van der Waals surface area contributed by atoms with Gasteiger partial charge in [-0.25, -0.2) is 4.79 Å². The minimum absolute atomic E-state index is 0.0180. The lowest BCUT2D eigenvalue weighted by molar-refractivity contribution is 0.473. The van der Waals surface area contributed by atoms with Crippen LogP contribution in [0.5, 0.6) is 5.75 Å². The van der Waals surface area contributed by atoms with Gasteiger partial charge in [0.15, 0.2) is 0 Å². The number of aromatic nitrogens is 1. The van der Waals surface area contributed by atoms with Crippen LogP contribution in [0.4, 0.5) is 0 Å². The van der Waals surface area contributed by atoms with Gasteiger partial charge in [0.1, 0.15) is 16.8 Å². The molecule has 0 aliphatic rings. The lowest BCUT2D eigenvalue weighted by atomic mass is 10.1. The smallest absolute Gasteiger partial charge is 0.360 e. The van der Waals surface area contributed by atoms with E-state index in [4.69, 9.17) is 4.42 Å². The Bertz CT molecular complexity index is 845. The van der Waals surface area contributed by atoms with Gasteiger partial charge in [-0.15, -0.1) is 0 Å². The molecule has 0 fully saturated rings. The Labute approximate surface area is 108 Å². The van der Waals surface area contributed by atoms with E-state index in [0.717, 1.165) is 0 Å². The van der Waals surface area contributed by atoms with Crippen molar-refractivity contribution in [3.63, 3.8) is 0 Å². The van der Waals surface area contributed by atoms with Gasteiger partial charge in [-0.1, -0.05) is 13.8 Å². The average Bonchev–Trinajstić information content (AvgIpc) is 2.41. The molecule has 0 atom stereocenters. The monoisotopic (exact) mass is 259 g/mol. The normalized spacial score (nSPS) is 10.2. The maximum absolute atomic E-state index is 11.6. The molecule has 0 saturated heterocycles. The molecular weight excluding hydrogens is 246 g/mol. The van der Waals surface area contributed by atoms with Crippen molar-refractivity contribution in [2.45, 2.75) is 13.8 Å².